The van der Waals surface area contributed by atoms with Crippen molar-refractivity contribution in [1.29, 1.82) is 0 Å². The lowest BCUT2D eigenvalue weighted by atomic mass is 9.92. The van der Waals surface area contributed by atoms with Crippen LogP contribution in [0.1, 0.15) is 39.0 Å². The van der Waals surface area contributed by atoms with Crippen LogP contribution in [0.4, 0.5) is 11.6 Å². The molecule has 0 amide bonds. The quantitative estimate of drug-likeness (QED) is 0.916. The molecule has 0 spiro atoms. The van der Waals surface area contributed by atoms with Gasteiger partial charge in [0.25, 0.3) is 0 Å². The van der Waals surface area contributed by atoms with Gasteiger partial charge in [-0.05, 0) is 38.5 Å². The summed E-state index contributed by atoms with van der Waals surface area (Å²) >= 11 is 0. The number of fused-ring (bicyclic) bond motifs is 1. The summed E-state index contributed by atoms with van der Waals surface area (Å²) in [5, 5.41) is 3.26. The fourth-order valence-electron chi connectivity index (χ4n) is 3.77. The Kier molecular flexibility index (Phi) is 3.94. The number of piperidine rings is 1. The maximum Gasteiger partial charge on any atom is 0.204 e. The van der Waals surface area contributed by atoms with Crippen molar-refractivity contribution in [1.82, 2.24) is 9.97 Å². The number of hydrogen-bond donors (Lipinski definition) is 1. The van der Waals surface area contributed by atoms with Crippen LogP contribution in [-0.2, 0) is 0 Å². The molecular formula is C15H24N4O. The van der Waals surface area contributed by atoms with Crippen LogP contribution in [0.3, 0.4) is 0 Å². The molecule has 1 aliphatic carbocycles. The molecule has 2 atom stereocenters. The molecule has 2 unspecified atom stereocenters. The molecule has 0 bridgehead atoms. The summed E-state index contributed by atoms with van der Waals surface area (Å²) in [5.41, 5.74) is 0. The second kappa shape index (κ2) is 5.85. The highest BCUT2D eigenvalue weighted by Gasteiger charge is 2.37. The van der Waals surface area contributed by atoms with Crippen LogP contribution in [0.2, 0.25) is 0 Å². The number of hydrogen-bond acceptors (Lipinski definition) is 5. The largest absolute Gasteiger partial charge is 0.490 e. The van der Waals surface area contributed by atoms with Gasteiger partial charge in [-0.25, -0.2) is 9.97 Å². The Labute approximate surface area is 120 Å². The van der Waals surface area contributed by atoms with Crippen LogP contribution >= 0.6 is 0 Å². The van der Waals surface area contributed by atoms with E-state index in [0.717, 1.165) is 36.4 Å². The third-order valence-corrected chi connectivity index (χ3v) is 4.60. The van der Waals surface area contributed by atoms with Gasteiger partial charge in [-0.2, -0.15) is 0 Å². The summed E-state index contributed by atoms with van der Waals surface area (Å²) < 4.78 is 5.60. The van der Waals surface area contributed by atoms with Gasteiger partial charge >= 0.3 is 0 Å². The lowest BCUT2D eigenvalue weighted by Crippen LogP contribution is -2.43. The molecule has 110 valence electrons. The first kappa shape index (κ1) is 13.5. The zero-order valence-corrected chi connectivity index (χ0v) is 12.4. The third kappa shape index (κ3) is 2.30. The zero-order chi connectivity index (χ0) is 13.9. The number of rotatable bonds is 4. The zero-order valence-electron chi connectivity index (χ0n) is 12.4. The van der Waals surface area contributed by atoms with Gasteiger partial charge in [0.05, 0.1) is 7.11 Å². The predicted molar refractivity (Wildman–Crippen MR) is 80.5 cm³/mol. The highest BCUT2D eigenvalue weighted by molar-refractivity contribution is 5.65. The SMILES string of the molecule is CCNc1ncnc(N2CCCC3CCCC32)c1OC. The molecule has 1 N–H and O–H groups in total. The van der Waals surface area contributed by atoms with Crippen molar-refractivity contribution >= 4 is 11.6 Å². The Bertz CT molecular complexity index is 465. The first-order valence-electron chi connectivity index (χ1n) is 7.74. The normalized spacial score (nSPS) is 25.4. The van der Waals surface area contributed by atoms with Crippen molar-refractivity contribution in [3.8, 4) is 5.75 Å². The number of nitrogens with zero attached hydrogens (tertiary/aromatic N) is 3. The molecule has 2 heterocycles. The molecule has 0 radical (unpaired) electrons. The van der Waals surface area contributed by atoms with Gasteiger partial charge in [0.15, 0.2) is 11.6 Å². The van der Waals surface area contributed by atoms with Gasteiger partial charge in [0.1, 0.15) is 6.33 Å². The number of methoxy groups -OCH3 is 1. The second-order valence-corrected chi connectivity index (χ2v) is 5.70. The highest BCUT2D eigenvalue weighted by Crippen LogP contribution is 2.42. The number of nitrogens with one attached hydrogen (secondary N) is 1. The standard InChI is InChI=1S/C15H24N4O/c1-3-16-14-13(20-2)15(18-10-17-14)19-9-5-7-11-6-4-8-12(11)19/h10-12H,3-9H2,1-2H3,(H,16,17,18). The molecule has 2 fully saturated rings. The van der Waals surface area contributed by atoms with Crippen LogP contribution in [-0.4, -0.2) is 36.2 Å². The fourth-order valence-corrected chi connectivity index (χ4v) is 3.77. The molecule has 1 aromatic rings. The lowest BCUT2D eigenvalue weighted by molar-refractivity contribution is 0.352. The molecule has 5 heteroatoms. The Morgan fingerprint density at radius 3 is 2.95 bits per heavy atom. The van der Waals surface area contributed by atoms with E-state index in [4.69, 9.17) is 4.74 Å². The Balaban J connectivity index is 1.94. The number of aromatic nitrogens is 2. The molecule has 1 aliphatic heterocycles. The predicted octanol–water partition coefficient (Wildman–Crippen LogP) is 2.69. The van der Waals surface area contributed by atoms with Crippen molar-refractivity contribution in [2.24, 2.45) is 5.92 Å². The van der Waals surface area contributed by atoms with Gasteiger partial charge < -0.3 is 15.0 Å². The van der Waals surface area contributed by atoms with E-state index in [2.05, 4.69) is 27.1 Å². The molecule has 5 nitrogen and oxygen atoms in total. The summed E-state index contributed by atoms with van der Waals surface area (Å²) in [6.07, 6.45) is 8.27. The maximum absolute atomic E-state index is 5.60. The van der Waals surface area contributed by atoms with Crippen molar-refractivity contribution < 1.29 is 4.74 Å². The van der Waals surface area contributed by atoms with Crippen LogP contribution in [0.15, 0.2) is 6.33 Å². The summed E-state index contributed by atoms with van der Waals surface area (Å²) in [5.74, 6) is 3.41. The molecule has 1 aromatic heterocycles. The van der Waals surface area contributed by atoms with Gasteiger partial charge in [-0.1, -0.05) is 6.42 Å². The van der Waals surface area contributed by atoms with Gasteiger partial charge in [0, 0.05) is 19.1 Å². The second-order valence-electron chi connectivity index (χ2n) is 5.70. The molecular weight excluding hydrogens is 252 g/mol. The van der Waals surface area contributed by atoms with Crippen LogP contribution in [0.5, 0.6) is 5.75 Å². The Morgan fingerprint density at radius 1 is 1.30 bits per heavy atom. The minimum Gasteiger partial charge on any atom is -0.490 e. The van der Waals surface area contributed by atoms with Crippen molar-refractivity contribution in [3.63, 3.8) is 0 Å². The minimum atomic E-state index is 0.641. The summed E-state index contributed by atoms with van der Waals surface area (Å²) in [6, 6.07) is 0.641. The van der Waals surface area contributed by atoms with E-state index in [0.29, 0.717) is 6.04 Å². The van der Waals surface area contributed by atoms with Gasteiger partial charge in [0.2, 0.25) is 5.75 Å². The van der Waals surface area contributed by atoms with Crippen molar-refractivity contribution in [2.45, 2.75) is 45.1 Å². The molecule has 3 rings (SSSR count). The van der Waals surface area contributed by atoms with E-state index in [-0.39, 0.29) is 0 Å². The average Bonchev–Trinajstić information content (AvgIpc) is 2.95. The number of anilines is 2. The van der Waals surface area contributed by atoms with E-state index in [1.807, 2.05) is 0 Å². The van der Waals surface area contributed by atoms with E-state index >= 15 is 0 Å². The van der Waals surface area contributed by atoms with Gasteiger partial charge in [-0.15, -0.1) is 0 Å². The highest BCUT2D eigenvalue weighted by atomic mass is 16.5. The first-order chi connectivity index (χ1) is 9.85. The van der Waals surface area contributed by atoms with Crippen LogP contribution in [0, 0.1) is 5.92 Å². The molecule has 0 aromatic carbocycles. The summed E-state index contributed by atoms with van der Waals surface area (Å²) in [6.45, 7) is 3.98. The van der Waals surface area contributed by atoms with Gasteiger partial charge in [-0.3, -0.25) is 0 Å². The molecule has 20 heavy (non-hydrogen) atoms. The Morgan fingerprint density at radius 2 is 2.15 bits per heavy atom. The third-order valence-electron chi connectivity index (χ3n) is 4.60. The average molecular weight is 276 g/mol. The first-order valence-corrected chi connectivity index (χ1v) is 7.74. The molecule has 2 aliphatic rings. The maximum atomic E-state index is 5.60. The van der Waals surface area contributed by atoms with E-state index in [9.17, 15) is 0 Å². The monoisotopic (exact) mass is 276 g/mol. The topological polar surface area (TPSA) is 50.3 Å². The van der Waals surface area contributed by atoms with Crippen molar-refractivity contribution in [2.75, 3.05) is 30.4 Å². The molecule has 1 saturated heterocycles. The smallest absolute Gasteiger partial charge is 0.204 e. The van der Waals surface area contributed by atoms with E-state index < -0.39 is 0 Å². The van der Waals surface area contributed by atoms with E-state index in [1.54, 1.807) is 13.4 Å². The lowest BCUT2D eigenvalue weighted by Gasteiger charge is -2.39. The number of ether oxygens (including phenoxy) is 1. The van der Waals surface area contributed by atoms with Crippen LogP contribution in [0.25, 0.3) is 0 Å². The van der Waals surface area contributed by atoms with Crippen LogP contribution < -0.4 is 15.0 Å². The minimum absolute atomic E-state index is 0.641. The Hall–Kier alpha value is -1.52. The van der Waals surface area contributed by atoms with Crippen molar-refractivity contribution in [3.05, 3.63) is 6.33 Å². The summed E-state index contributed by atoms with van der Waals surface area (Å²) in [7, 11) is 1.71. The molecule has 1 saturated carbocycles. The van der Waals surface area contributed by atoms with E-state index in [1.165, 1.54) is 32.1 Å². The summed E-state index contributed by atoms with van der Waals surface area (Å²) in [4.78, 5) is 11.3. The fraction of sp³-hybridized carbons (Fsp3) is 0.733.